The molecule has 3 N–H and O–H groups in total. The van der Waals surface area contributed by atoms with Gasteiger partial charge in [0.25, 0.3) is 0 Å². The lowest BCUT2D eigenvalue weighted by Crippen LogP contribution is -2.30. The molecule has 2 rings (SSSR count). The van der Waals surface area contributed by atoms with Crippen molar-refractivity contribution < 1.29 is 17.9 Å². The van der Waals surface area contributed by atoms with E-state index in [1.807, 2.05) is 0 Å². The van der Waals surface area contributed by atoms with Gasteiger partial charge in [0.1, 0.15) is 5.75 Å². The molecular formula is C16H22F3N3O. The molecule has 1 aliphatic carbocycles. The molecule has 7 heteroatoms. The molecule has 2 unspecified atom stereocenters. The number of rotatable bonds is 4. The highest BCUT2D eigenvalue weighted by molar-refractivity contribution is 5.92. The summed E-state index contributed by atoms with van der Waals surface area (Å²) in [4.78, 5) is 4.19. The van der Waals surface area contributed by atoms with E-state index in [0.29, 0.717) is 13.0 Å². The van der Waals surface area contributed by atoms with Gasteiger partial charge in [0.15, 0.2) is 5.96 Å². The van der Waals surface area contributed by atoms with Gasteiger partial charge in [0, 0.05) is 12.2 Å². The Morgan fingerprint density at radius 2 is 2.00 bits per heavy atom. The Kier molecular flexibility index (Phi) is 5.74. The van der Waals surface area contributed by atoms with E-state index >= 15 is 0 Å². The van der Waals surface area contributed by atoms with Crippen LogP contribution in [0.3, 0.4) is 0 Å². The van der Waals surface area contributed by atoms with Crippen molar-refractivity contribution in [2.45, 2.75) is 31.9 Å². The van der Waals surface area contributed by atoms with Crippen LogP contribution in [-0.2, 0) is 0 Å². The van der Waals surface area contributed by atoms with Gasteiger partial charge in [-0.1, -0.05) is 6.42 Å². The van der Waals surface area contributed by atoms with Gasteiger partial charge in [-0.25, -0.2) is 0 Å². The minimum atomic E-state index is -4.10. The van der Waals surface area contributed by atoms with Crippen molar-refractivity contribution in [3.8, 4) is 5.75 Å². The van der Waals surface area contributed by atoms with E-state index in [9.17, 15) is 13.2 Å². The van der Waals surface area contributed by atoms with E-state index in [1.165, 1.54) is 0 Å². The maximum Gasteiger partial charge on any atom is 0.391 e. The van der Waals surface area contributed by atoms with Crippen LogP contribution < -0.4 is 15.8 Å². The molecule has 0 amide bonds. The molecular weight excluding hydrogens is 307 g/mol. The molecule has 1 fully saturated rings. The van der Waals surface area contributed by atoms with E-state index < -0.39 is 12.1 Å². The average Bonchev–Trinajstić information content (AvgIpc) is 2.53. The van der Waals surface area contributed by atoms with Crippen LogP contribution in [-0.4, -0.2) is 25.8 Å². The van der Waals surface area contributed by atoms with Gasteiger partial charge < -0.3 is 15.8 Å². The highest BCUT2D eigenvalue weighted by atomic mass is 19.4. The molecule has 2 atom stereocenters. The summed E-state index contributed by atoms with van der Waals surface area (Å²) in [5, 5.41) is 2.92. The summed E-state index contributed by atoms with van der Waals surface area (Å²) < 4.78 is 43.4. The Bertz CT molecular complexity index is 528. The molecule has 1 aromatic rings. The van der Waals surface area contributed by atoms with Crippen LogP contribution in [0.4, 0.5) is 18.9 Å². The van der Waals surface area contributed by atoms with Crippen LogP contribution in [0.25, 0.3) is 0 Å². The lowest BCUT2D eigenvalue weighted by atomic mass is 9.81. The zero-order valence-corrected chi connectivity index (χ0v) is 13.1. The predicted octanol–water partition coefficient (Wildman–Crippen LogP) is 3.79. The Labute approximate surface area is 133 Å². The van der Waals surface area contributed by atoms with Gasteiger partial charge in [0.2, 0.25) is 0 Å². The zero-order chi connectivity index (χ0) is 16.9. The summed E-state index contributed by atoms with van der Waals surface area (Å²) in [5.41, 5.74) is 6.55. The molecule has 0 heterocycles. The maximum atomic E-state index is 12.8. The molecule has 1 aliphatic rings. The Hall–Kier alpha value is -1.92. The van der Waals surface area contributed by atoms with Crippen molar-refractivity contribution in [1.82, 2.24) is 0 Å². The standard InChI is InChI=1S/C16H22F3N3O/c1-23-14-7-5-13(6-8-14)22-15(20)21-10-11-3-2-4-12(9-11)16(17,18)19/h5-8,11-12H,2-4,9-10H2,1H3,(H3,20,21,22). The van der Waals surface area contributed by atoms with Crippen LogP contribution in [0.1, 0.15) is 25.7 Å². The number of halogens is 3. The van der Waals surface area contributed by atoms with E-state index in [0.717, 1.165) is 17.9 Å². The molecule has 4 nitrogen and oxygen atoms in total. The second-order valence-corrected chi connectivity index (χ2v) is 5.85. The summed E-state index contributed by atoms with van der Waals surface area (Å²) in [7, 11) is 1.58. The predicted molar refractivity (Wildman–Crippen MR) is 84.6 cm³/mol. The lowest BCUT2D eigenvalue weighted by molar-refractivity contribution is -0.185. The molecule has 0 bridgehead atoms. The van der Waals surface area contributed by atoms with Crippen molar-refractivity contribution in [2.75, 3.05) is 19.0 Å². The summed E-state index contributed by atoms with van der Waals surface area (Å²) in [6, 6.07) is 7.15. The van der Waals surface area contributed by atoms with Crippen LogP contribution in [0.2, 0.25) is 0 Å². The number of benzene rings is 1. The minimum absolute atomic E-state index is 0.0633. The monoisotopic (exact) mass is 329 g/mol. The summed E-state index contributed by atoms with van der Waals surface area (Å²) in [6.45, 7) is 0.321. The zero-order valence-electron chi connectivity index (χ0n) is 13.1. The first-order valence-corrected chi connectivity index (χ1v) is 7.66. The Morgan fingerprint density at radius 1 is 1.30 bits per heavy atom. The van der Waals surface area contributed by atoms with Gasteiger partial charge in [0.05, 0.1) is 13.0 Å². The second-order valence-electron chi connectivity index (χ2n) is 5.85. The van der Waals surface area contributed by atoms with E-state index in [4.69, 9.17) is 10.5 Å². The third kappa shape index (κ3) is 5.33. The first-order valence-electron chi connectivity index (χ1n) is 7.66. The van der Waals surface area contributed by atoms with Crippen molar-refractivity contribution in [3.63, 3.8) is 0 Å². The van der Waals surface area contributed by atoms with Gasteiger partial charge in [-0.15, -0.1) is 0 Å². The van der Waals surface area contributed by atoms with Crippen molar-refractivity contribution in [1.29, 1.82) is 0 Å². The van der Waals surface area contributed by atoms with E-state index in [-0.39, 0.29) is 24.7 Å². The number of alkyl halides is 3. The number of nitrogens with two attached hydrogens (primary N) is 1. The number of methoxy groups -OCH3 is 1. The molecule has 0 radical (unpaired) electrons. The fourth-order valence-corrected chi connectivity index (χ4v) is 2.84. The largest absolute Gasteiger partial charge is 0.497 e. The highest BCUT2D eigenvalue weighted by Crippen LogP contribution is 2.39. The van der Waals surface area contributed by atoms with Crippen LogP contribution in [0.5, 0.6) is 5.75 Å². The third-order valence-electron chi connectivity index (χ3n) is 4.13. The quantitative estimate of drug-likeness (QED) is 0.653. The van der Waals surface area contributed by atoms with E-state index in [1.54, 1.807) is 31.4 Å². The molecule has 1 aromatic carbocycles. The molecule has 0 spiro atoms. The molecule has 0 saturated heterocycles. The van der Waals surface area contributed by atoms with Gasteiger partial charge in [-0.2, -0.15) is 13.2 Å². The molecule has 0 aliphatic heterocycles. The molecule has 1 saturated carbocycles. The summed E-state index contributed by atoms with van der Waals surface area (Å²) >= 11 is 0. The number of nitrogens with one attached hydrogen (secondary N) is 1. The van der Waals surface area contributed by atoms with Gasteiger partial charge >= 0.3 is 6.18 Å². The SMILES string of the molecule is COc1ccc(NC(N)=NCC2CCCC(C(F)(F)F)C2)cc1. The minimum Gasteiger partial charge on any atom is -0.497 e. The van der Waals surface area contributed by atoms with Crippen LogP contribution in [0.15, 0.2) is 29.3 Å². The first-order chi connectivity index (χ1) is 10.9. The topological polar surface area (TPSA) is 59.6 Å². The molecule has 23 heavy (non-hydrogen) atoms. The number of aliphatic imine (C=N–C) groups is 1. The van der Waals surface area contributed by atoms with Crippen molar-refractivity contribution >= 4 is 11.6 Å². The number of anilines is 1. The lowest BCUT2D eigenvalue weighted by Gasteiger charge is -2.29. The van der Waals surface area contributed by atoms with E-state index in [2.05, 4.69) is 10.3 Å². The number of guanidine groups is 1. The molecule has 128 valence electrons. The fourth-order valence-electron chi connectivity index (χ4n) is 2.84. The maximum absolute atomic E-state index is 12.8. The summed E-state index contributed by atoms with van der Waals surface area (Å²) in [5.74, 6) is -0.324. The van der Waals surface area contributed by atoms with Crippen molar-refractivity contribution in [2.24, 2.45) is 22.6 Å². The second kappa shape index (κ2) is 7.57. The normalized spacial score (nSPS) is 22.7. The number of hydrogen-bond donors (Lipinski definition) is 2. The fraction of sp³-hybridized carbons (Fsp3) is 0.562. The number of hydrogen-bond acceptors (Lipinski definition) is 2. The Balaban J connectivity index is 1.86. The van der Waals surface area contributed by atoms with Crippen LogP contribution >= 0.6 is 0 Å². The third-order valence-corrected chi connectivity index (χ3v) is 4.13. The van der Waals surface area contributed by atoms with Gasteiger partial charge in [-0.05, 0) is 49.4 Å². The highest BCUT2D eigenvalue weighted by Gasteiger charge is 2.41. The Morgan fingerprint density at radius 3 is 2.61 bits per heavy atom. The smallest absolute Gasteiger partial charge is 0.391 e. The van der Waals surface area contributed by atoms with Gasteiger partial charge in [-0.3, -0.25) is 4.99 Å². The molecule has 0 aromatic heterocycles. The number of ether oxygens (including phenoxy) is 1. The van der Waals surface area contributed by atoms with Crippen LogP contribution in [0, 0.1) is 11.8 Å². The average molecular weight is 329 g/mol. The van der Waals surface area contributed by atoms with Crippen molar-refractivity contribution in [3.05, 3.63) is 24.3 Å². The number of nitrogens with zero attached hydrogens (tertiary/aromatic N) is 1. The summed E-state index contributed by atoms with van der Waals surface area (Å²) in [6.07, 6.45) is -2.37. The first kappa shape index (κ1) is 17.4.